The van der Waals surface area contributed by atoms with Crippen LogP contribution in [0.3, 0.4) is 0 Å². The van der Waals surface area contributed by atoms with E-state index in [1.807, 2.05) is 12.3 Å². The van der Waals surface area contributed by atoms with E-state index in [4.69, 9.17) is 4.98 Å². The molecule has 6 heteroatoms. The lowest BCUT2D eigenvalue weighted by molar-refractivity contribution is 0.441. The van der Waals surface area contributed by atoms with Crippen molar-refractivity contribution in [2.75, 3.05) is 23.3 Å². The highest BCUT2D eigenvalue weighted by Crippen LogP contribution is 2.34. The number of rotatable bonds is 6. The molecule has 2 aromatic heterocycles. The zero-order valence-corrected chi connectivity index (χ0v) is 15.9. The van der Waals surface area contributed by atoms with Gasteiger partial charge in [-0.05, 0) is 43.6 Å². The van der Waals surface area contributed by atoms with Crippen LogP contribution in [0.2, 0.25) is 0 Å². The molecule has 0 amide bonds. The molecule has 1 atom stereocenters. The van der Waals surface area contributed by atoms with Crippen LogP contribution in [0.4, 0.5) is 17.6 Å². The van der Waals surface area contributed by atoms with Crippen LogP contribution in [0, 0.1) is 11.8 Å². The summed E-state index contributed by atoms with van der Waals surface area (Å²) in [5.41, 5.74) is 1.25. The maximum atomic E-state index is 4.72. The SMILES string of the molecule is CC(C)CC1CCN(c2nccc(Nc3cc(C4CCCC4)[nH]n3)n2)C1. The minimum Gasteiger partial charge on any atom is -0.340 e. The van der Waals surface area contributed by atoms with Crippen molar-refractivity contribution in [1.82, 2.24) is 20.2 Å². The second-order valence-electron chi connectivity index (χ2n) is 8.29. The normalized spacial score (nSPS) is 21.0. The lowest BCUT2D eigenvalue weighted by atomic mass is 9.97. The number of aromatic amines is 1. The van der Waals surface area contributed by atoms with Crippen molar-refractivity contribution in [2.45, 2.75) is 58.3 Å². The number of hydrogen-bond donors (Lipinski definition) is 2. The molecule has 2 fully saturated rings. The lowest BCUT2D eigenvalue weighted by Crippen LogP contribution is -2.22. The van der Waals surface area contributed by atoms with E-state index in [0.717, 1.165) is 42.5 Å². The van der Waals surface area contributed by atoms with Crippen LogP contribution in [0.25, 0.3) is 0 Å². The van der Waals surface area contributed by atoms with E-state index < -0.39 is 0 Å². The minimum atomic E-state index is 0.640. The van der Waals surface area contributed by atoms with E-state index in [0.29, 0.717) is 5.92 Å². The van der Waals surface area contributed by atoms with Gasteiger partial charge in [0.1, 0.15) is 5.82 Å². The number of nitrogens with zero attached hydrogens (tertiary/aromatic N) is 4. The van der Waals surface area contributed by atoms with Gasteiger partial charge in [-0.25, -0.2) is 4.98 Å². The van der Waals surface area contributed by atoms with Gasteiger partial charge in [-0.1, -0.05) is 26.7 Å². The van der Waals surface area contributed by atoms with Gasteiger partial charge in [0, 0.05) is 37.0 Å². The van der Waals surface area contributed by atoms with Crippen LogP contribution in [0.1, 0.15) is 64.0 Å². The van der Waals surface area contributed by atoms with Crippen molar-refractivity contribution in [3.8, 4) is 0 Å². The third-order valence-electron chi connectivity index (χ3n) is 5.67. The second-order valence-corrected chi connectivity index (χ2v) is 8.29. The molecule has 0 aromatic carbocycles. The first-order chi connectivity index (χ1) is 12.7. The Balaban J connectivity index is 1.40. The van der Waals surface area contributed by atoms with Gasteiger partial charge < -0.3 is 10.2 Å². The monoisotopic (exact) mass is 354 g/mol. The number of aromatic nitrogens is 4. The Morgan fingerprint density at radius 1 is 1.23 bits per heavy atom. The molecule has 0 spiro atoms. The zero-order valence-electron chi connectivity index (χ0n) is 15.9. The largest absolute Gasteiger partial charge is 0.340 e. The summed E-state index contributed by atoms with van der Waals surface area (Å²) in [6.45, 7) is 6.71. The summed E-state index contributed by atoms with van der Waals surface area (Å²) in [4.78, 5) is 11.5. The van der Waals surface area contributed by atoms with Gasteiger partial charge in [-0.2, -0.15) is 10.1 Å². The number of anilines is 3. The summed E-state index contributed by atoms with van der Waals surface area (Å²) >= 11 is 0. The van der Waals surface area contributed by atoms with Gasteiger partial charge in [0.2, 0.25) is 5.95 Å². The maximum absolute atomic E-state index is 4.72. The predicted octanol–water partition coefficient (Wildman–Crippen LogP) is 4.47. The number of nitrogens with one attached hydrogen (secondary N) is 2. The molecule has 0 bridgehead atoms. The molecule has 0 radical (unpaired) electrons. The number of H-pyrrole nitrogens is 1. The molecule has 3 heterocycles. The minimum absolute atomic E-state index is 0.640. The summed E-state index contributed by atoms with van der Waals surface area (Å²) in [5.74, 6) is 4.63. The average Bonchev–Trinajstić information content (AvgIpc) is 3.36. The molecule has 1 unspecified atom stereocenters. The lowest BCUT2D eigenvalue weighted by Gasteiger charge is -2.17. The van der Waals surface area contributed by atoms with Gasteiger partial charge in [0.25, 0.3) is 0 Å². The third kappa shape index (κ3) is 4.00. The van der Waals surface area contributed by atoms with Gasteiger partial charge in [0.05, 0.1) is 0 Å². The first-order valence-corrected chi connectivity index (χ1v) is 10.1. The highest BCUT2D eigenvalue weighted by atomic mass is 15.3. The first kappa shape index (κ1) is 17.3. The predicted molar refractivity (Wildman–Crippen MR) is 105 cm³/mol. The summed E-state index contributed by atoms with van der Waals surface area (Å²) in [6.07, 6.45) is 9.56. The fourth-order valence-electron chi connectivity index (χ4n) is 4.42. The van der Waals surface area contributed by atoms with E-state index >= 15 is 0 Å². The van der Waals surface area contributed by atoms with E-state index in [2.05, 4.69) is 45.3 Å². The molecular weight excluding hydrogens is 324 g/mol. The Labute approximate surface area is 155 Å². The molecule has 2 N–H and O–H groups in total. The molecule has 4 rings (SSSR count). The Kier molecular flexibility index (Phi) is 5.09. The third-order valence-corrected chi connectivity index (χ3v) is 5.67. The average molecular weight is 355 g/mol. The molecule has 2 aliphatic rings. The topological polar surface area (TPSA) is 69.7 Å². The van der Waals surface area contributed by atoms with Crippen LogP contribution in [-0.2, 0) is 0 Å². The molecule has 1 saturated heterocycles. The van der Waals surface area contributed by atoms with Crippen molar-refractivity contribution < 1.29 is 0 Å². The number of hydrogen-bond acceptors (Lipinski definition) is 5. The van der Waals surface area contributed by atoms with Crippen LogP contribution in [0.15, 0.2) is 18.3 Å². The molecule has 6 nitrogen and oxygen atoms in total. The Hall–Kier alpha value is -2.11. The van der Waals surface area contributed by atoms with Crippen molar-refractivity contribution in [1.29, 1.82) is 0 Å². The highest BCUT2D eigenvalue weighted by molar-refractivity contribution is 5.53. The molecule has 1 aliphatic carbocycles. The summed E-state index contributed by atoms with van der Waals surface area (Å²) in [5, 5.41) is 10.9. The van der Waals surface area contributed by atoms with Crippen LogP contribution >= 0.6 is 0 Å². The van der Waals surface area contributed by atoms with E-state index in [-0.39, 0.29) is 0 Å². The van der Waals surface area contributed by atoms with E-state index in [1.54, 1.807) is 0 Å². The smallest absolute Gasteiger partial charge is 0.227 e. The van der Waals surface area contributed by atoms with Gasteiger partial charge >= 0.3 is 0 Å². The molecular formula is C20H30N6. The fourth-order valence-corrected chi connectivity index (χ4v) is 4.42. The molecule has 140 valence electrons. The maximum Gasteiger partial charge on any atom is 0.227 e. The van der Waals surface area contributed by atoms with Crippen LogP contribution < -0.4 is 10.2 Å². The van der Waals surface area contributed by atoms with Crippen molar-refractivity contribution in [3.05, 3.63) is 24.0 Å². The summed E-state index contributed by atoms with van der Waals surface area (Å²) in [7, 11) is 0. The van der Waals surface area contributed by atoms with Crippen molar-refractivity contribution in [3.63, 3.8) is 0 Å². The summed E-state index contributed by atoms with van der Waals surface area (Å²) in [6, 6.07) is 4.04. The zero-order chi connectivity index (χ0) is 17.9. The molecule has 1 saturated carbocycles. The first-order valence-electron chi connectivity index (χ1n) is 10.1. The highest BCUT2D eigenvalue weighted by Gasteiger charge is 2.25. The standard InChI is InChI=1S/C20H30N6/c1-14(2)11-15-8-10-26(13-15)20-21-9-7-18(23-20)22-19-12-17(24-25-19)16-5-3-4-6-16/h7,9,12,14-16H,3-6,8,10-11,13H2,1-2H3,(H2,21,22,23,24,25). The molecule has 1 aliphatic heterocycles. The van der Waals surface area contributed by atoms with Crippen LogP contribution in [-0.4, -0.2) is 33.3 Å². The second kappa shape index (κ2) is 7.64. The van der Waals surface area contributed by atoms with E-state index in [9.17, 15) is 0 Å². The Morgan fingerprint density at radius 3 is 2.88 bits per heavy atom. The van der Waals surface area contributed by atoms with E-state index in [1.165, 1.54) is 44.2 Å². The van der Waals surface area contributed by atoms with Gasteiger partial charge in [-0.3, -0.25) is 5.10 Å². The Morgan fingerprint density at radius 2 is 2.08 bits per heavy atom. The fraction of sp³-hybridized carbons (Fsp3) is 0.650. The molecule has 2 aromatic rings. The van der Waals surface area contributed by atoms with Gasteiger partial charge in [0.15, 0.2) is 5.82 Å². The quantitative estimate of drug-likeness (QED) is 0.801. The Bertz CT molecular complexity index is 719. The van der Waals surface area contributed by atoms with Crippen molar-refractivity contribution >= 4 is 17.6 Å². The van der Waals surface area contributed by atoms with Crippen molar-refractivity contribution in [2.24, 2.45) is 11.8 Å². The van der Waals surface area contributed by atoms with Gasteiger partial charge in [-0.15, -0.1) is 0 Å². The summed E-state index contributed by atoms with van der Waals surface area (Å²) < 4.78 is 0. The van der Waals surface area contributed by atoms with Crippen LogP contribution in [0.5, 0.6) is 0 Å². The molecule has 26 heavy (non-hydrogen) atoms.